The highest BCUT2D eigenvalue weighted by molar-refractivity contribution is 8.15. The summed E-state index contributed by atoms with van der Waals surface area (Å²) in [7, 11) is 0. The van der Waals surface area contributed by atoms with Gasteiger partial charge >= 0.3 is 0 Å². The smallest absolute Gasteiger partial charge is 0.286 e. The van der Waals surface area contributed by atoms with E-state index in [-0.39, 0.29) is 24.4 Å². The summed E-state index contributed by atoms with van der Waals surface area (Å²) < 4.78 is 5.60. The molecule has 1 fully saturated rings. The van der Waals surface area contributed by atoms with Crippen LogP contribution < -0.4 is 15.4 Å². The minimum atomic E-state index is -0.393. The van der Waals surface area contributed by atoms with Crippen LogP contribution in [0.5, 0.6) is 5.75 Å². The lowest BCUT2D eigenvalue weighted by Crippen LogP contribution is -2.25. The van der Waals surface area contributed by atoms with Gasteiger partial charge in [0, 0.05) is 12.7 Å². The topological polar surface area (TPSA) is 101 Å². The van der Waals surface area contributed by atoms with E-state index in [1.807, 2.05) is 24.3 Å². The summed E-state index contributed by atoms with van der Waals surface area (Å²) in [6.07, 6.45) is 2.22. The second-order valence-corrected chi connectivity index (χ2v) is 9.76. The molecule has 1 atom stereocenters. The van der Waals surface area contributed by atoms with Crippen molar-refractivity contribution in [3.63, 3.8) is 0 Å². The number of amides is 2. The van der Waals surface area contributed by atoms with Crippen LogP contribution in [0.1, 0.15) is 27.8 Å². The molecule has 2 amide bonds. The zero-order chi connectivity index (χ0) is 24.9. The summed E-state index contributed by atoms with van der Waals surface area (Å²) in [5.74, 6) is 1.27. The zero-order valence-corrected chi connectivity index (χ0v) is 20.9. The summed E-state index contributed by atoms with van der Waals surface area (Å²) in [6.45, 7) is 7.17. The van der Waals surface area contributed by atoms with E-state index in [2.05, 4.69) is 54.6 Å². The number of nitrogens with one attached hydrogen (secondary N) is 2. The Balaban J connectivity index is 1.45. The van der Waals surface area contributed by atoms with Gasteiger partial charge in [0.2, 0.25) is 5.91 Å². The van der Waals surface area contributed by atoms with Gasteiger partial charge in [-0.15, -0.1) is 0 Å². The lowest BCUT2D eigenvalue weighted by atomic mass is 9.90. The fraction of sp³-hybridized carbons (Fsp3) is 0.296. The van der Waals surface area contributed by atoms with E-state index >= 15 is 0 Å². The number of hydrogen-bond acceptors (Lipinski definition) is 7. The SMILES string of the molecule is Cc1cc(OCCO)cc(C)c1-c1cccc(CNc2ccc(CC3SC(=O)NC3=O)cn2)c1C. The lowest BCUT2D eigenvalue weighted by Gasteiger charge is -2.18. The highest BCUT2D eigenvalue weighted by Gasteiger charge is 2.31. The second-order valence-electron chi connectivity index (χ2n) is 8.59. The first-order valence-electron chi connectivity index (χ1n) is 11.5. The van der Waals surface area contributed by atoms with Crippen LogP contribution >= 0.6 is 11.8 Å². The van der Waals surface area contributed by atoms with E-state index in [1.54, 1.807) is 6.20 Å². The maximum atomic E-state index is 11.8. The third kappa shape index (κ3) is 5.83. The highest BCUT2D eigenvalue weighted by atomic mass is 32.2. The monoisotopic (exact) mass is 491 g/mol. The number of benzene rings is 2. The van der Waals surface area contributed by atoms with Crippen molar-refractivity contribution in [2.75, 3.05) is 18.5 Å². The Morgan fingerprint density at radius 3 is 2.51 bits per heavy atom. The molecule has 7 nitrogen and oxygen atoms in total. The maximum absolute atomic E-state index is 11.8. The van der Waals surface area contributed by atoms with Crippen LogP contribution in [-0.2, 0) is 17.8 Å². The van der Waals surface area contributed by atoms with Crippen molar-refractivity contribution in [2.24, 2.45) is 0 Å². The Morgan fingerprint density at radius 2 is 1.89 bits per heavy atom. The molecule has 8 heteroatoms. The van der Waals surface area contributed by atoms with Crippen LogP contribution in [0, 0.1) is 20.8 Å². The summed E-state index contributed by atoms with van der Waals surface area (Å²) in [6, 6.07) is 14.2. The number of ether oxygens (including phenoxy) is 1. The summed E-state index contributed by atoms with van der Waals surface area (Å²) in [5, 5.41) is 14.0. The Morgan fingerprint density at radius 1 is 1.11 bits per heavy atom. The van der Waals surface area contributed by atoms with Gasteiger partial charge in [0.1, 0.15) is 18.2 Å². The van der Waals surface area contributed by atoms with Crippen molar-refractivity contribution < 1.29 is 19.4 Å². The van der Waals surface area contributed by atoms with Gasteiger partial charge in [-0.25, -0.2) is 4.98 Å². The van der Waals surface area contributed by atoms with Crippen LogP contribution in [0.4, 0.5) is 10.6 Å². The Bertz CT molecular complexity index is 1220. The maximum Gasteiger partial charge on any atom is 0.286 e. The van der Waals surface area contributed by atoms with E-state index in [9.17, 15) is 9.59 Å². The van der Waals surface area contributed by atoms with E-state index in [4.69, 9.17) is 9.84 Å². The van der Waals surface area contributed by atoms with Crippen molar-refractivity contribution in [2.45, 2.75) is 39.0 Å². The van der Waals surface area contributed by atoms with Crippen molar-refractivity contribution in [3.8, 4) is 16.9 Å². The highest BCUT2D eigenvalue weighted by Crippen LogP contribution is 2.34. The molecule has 0 bridgehead atoms. The molecule has 35 heavy (non-hydrogen) atoms. The third-order valence-corrected chi connectivity index (χ3v) is 7.04. The van der Waals surface area contributed by atoms with Gasteiger partial charge < -0.3 is 15.2 Å². The largest absolute Gasteiger partial charge is 0.491 e. The number of rotatable bonds is 9. The number of carbonyl (C=O) groups excluding carboxylic acids is 2. The minimum absolute atomic E-state index is 0.0106. The van der Waals surface area contributed by atoms with Crippen LogP contribution in [0.15, 0.2) is 48.7 Å². The molecule has 3 aromatic rings. The standard InChI is InChI=1S/C27H29N3O4S/c1-16-11-21(34-10-9-31)12-17(2)25(16)22-6-4-5-20(18(22)3)15-29-24-8-7-19(14-28-24)13-23-26(32)30-27(33)35-23/h4-8,11-12,14,23,31H,9-10,13,15H2,1-3H3,(H,28,29)(H,30,32,33). The first-order chi connectivity index (χ1) is 16.9. The van der Waals surface area contributed by atoms with Crippen LogP contribution in [0.2, 0.25) is 0 Å². The van der Waals surface area contributed by atoms with E-state index < -0.39 is 5.25 Å². The molecule has 4 rings (SSSR count). The number of pyridine rings is 1. The molecule has 1 aliphatic rings. The molecule has 2 aromatic carbocycles. The van der Waals surface area contributed by atoms with Gasteiger partial charge in [-0.3, -0.25) is 14.9 Å². The van der Waals surface area contributed by atoms with Gasteiger partial charge in [0.25, 0.3) is 5.24 Å². The zero-order valence-electron chi connectivity index (χ0n) is 20.1. The Kier molecular flexibility index (Phi) is 7.73. The quantitative estimate of drug-likeness (QED) is 0.404. The molecular formula is C27H29N3O4S. The van der Waals surface area contributed by atoms with E-state index in [0.29, 0.717) is 13.0 Å². The van der Waals surface area contributed by atoms with Crippen molar-refractivity contribution >= 4 is 28.7 Å². The first kappa shape index (κ1) is 24.8. The average Bonchev–Trinajstić information content (AvgIpc) is 3.14. The number of anilines is 1. The van der Waals surface area contributed by atoms with Gasteiger partial charge in [-0.05, 0) is 84.3 Å². The molecule has 2 heterocycles. The molecule has 0 spiro atoms. The van der Waals surface area contributed by atoms with Gasteiger partial charge in [-0.1, -0.05) is 36.0 Å². The molecular weight excluding hydrogens is 462 g/mol. The molecule has 3 N–H and O–H groups in total. The normalized spacial score (nSPS) is 15.3. The van der Waals surface area contributed by atoms with Crippen molar-refractivity contribution in [1.82, 2.24) is 10.3 Å². The Labute approximate surface area is 209 Å². The number of aliphatic hydroxyl groups is 1. The number of imide groups is 1. The van der Waals surface area contributed by atoms with Gasteiger partial charge in [0.15, 0.2) is 0 Å². The number of aryl methyl sites for hydroxylation is 2. The Hall–Kier alpha value is -3.36. The molecule has 1 aromatic heterocycles. The summed E-state index contributed by atoms with van der Waals surface area (Å²) >= 11 is 1.03. The van der Waals surface area contributed by atoms with Gasteiger partial charge in [-0.2, -0.15) is 0 Å². The summed E-state index contributed by atoms with van der Waals surface area (Å²) in [4.78, 5) is 27.6. The van der Waals surface area contributed by atoms with Crippen molar-refractivity contribution in [1.29, 1.82) is 0 Å². The lowest BCUT2D eigenvalue weighted by molar-refractivity contribution is -0.118. The molecule has 0 saturated carbocycles. The minimum Gasteiger partial charge on any atom is -0.491 e. The number of hydrogen-bond donors (Lipinski definition) is 3. The first-order valence-corrected chi connectivity index (χ1v) is 12.4. The molecule has 1 aliphatic heterocycles. The van der Waals surface area contributed by atoms with Crippen molar-refractivity contribution in [3.05, 3.63) is 76.5 Å². The van der Waals surface area contributed by atoms with Crippen LogP contribution in [0.25, 0.3) is 11.1 Å². The second kappa shape index (κ2) is 10.9. The van der Waals surface area contributed by atoms with Crippen LogP contribution in [0.3, 0.4) is 0 Å². The number of thioether (sulfide) groups is 1. The number of aromatic nitrogens is 1. The predicted octanol–water partition coefficient (Wildman–Crippen LogP) is 4.55. The number of aliphatic hydroxyl groups excluding tert-OH is 1. The van der Waals surface area contributed by atoms with E-state index in [1.165, 1.54) is 22.3 Å². The average molecular weight is 492 g/mol. The van der Waals surface area contributed by atoms with Crippen LogP contribution in [-0.4, -0.2) is 39.7 Å². The number of nitrogens with zero attached hydrogens (tertiary/aromatic N) is 1. The molecule has 182 valence electrons. The van der Waals surface area contributed by atoms with E-state index in [0.717, 1.165) is 40.0 Å². The third-order valence-electron chi connectivity index (χ3n) is 6.05. The molecule has 0 radical (unpaired) electrons. The fourth-order valence-corrected chi connectivity index (χ4v) is 5.18. The molecule has 1 saturated heterocycles. The predicted molar refractivity (Wildman–Crippen MR) is 139 cm³/mol. The summed E-state index contributed by atoms with van der Waals surface area (Å²) in [5.41, 5.74) is 7.90. The fourth-order valence-electron chi connectivity index (χ4n) is 4.32. The number of carbonyl (C=O) groups is 2. The van der Waals surface area contributed by atoms with Gasteiger partial charge in [0.05, 0.1) is 11.9 Å². The molecule has 0 aliphatic carbocycles. The molecule has 1 unspecified atom stereocenters.